The zero-order valence-corrected chi connectivity index (χ0v) is 17.1. The molecule has 6 nitrogen and oxygen atoms in total. The first-order valence-corrected chi connectivity index (χ1v) is 10.8. The van der Waals surface area contributed by atoms with E-state index < -0.39 is 15.8 Å². The van der Waals surface area contributed by atoms with Gasteiger partial charge in [0, 0.05) is 11.6 Å². The zero-order valence-electron chi connectivity index (χ0n) is 16.3. The molecule has 0 aliphatic carbocycles. The predicted molar refractivity (Wildman–Crippen MR) is 108 cm³/mol. The lowest BCUT2D eigenvalue weighted by molar-refractivity contribution is -0.118. The van der Waals surface area contributed by atoms with E-state index in [1.165, 1.54) is 12.1 Å². The van der Waals surface area contributed by atoms with Gasteiger partial charge >= 0.3 is 5.97 Å². The third-order valence-corrected chi connectivity index (χ3v) is 5.95. The Kier molecular flexibility index (Phi) is 7.34. The van der Waals surface area contributed by atoms with Crippen LogP contribution in [-0.4, -0.2) is 26.0 Å². The maximum Gasteiger partial charge on any atom is 0.338 e. The molecule has 1 amide bonds. The molecule has 2 aromatic carbocycles. The van der Waals surface area contributed by atoms with Gasteiger partial charge in [-0.2, -0.15) is 0 Å². The number of sulfone groups is 1. The van der Waals surface area contributed by atoms with Crippen molar-refractivity contribution in [1.82, 2.24) is 0 Å². The number of carbonyl (C=O) groups is 2. The van der Waals surface area contributed by atoms with E-state index in [0.717, 1.165) is 0 Å². The number of nitrogens with one attached hydrogen (secondary N) is 1. The number of esters is 1. The van der Waals surface area contributed by atoms with E-state index in [1.54, 1.807) is 50.2 Å². The highest BCUT2D eigenvalue weighted by atomic mass is 32.2. The zero-order chi connectivity index (χ0) is 20.7. The molecular weight excluding hydrogens is 378 g/mol. The van der Waals surface area contributed by atoms with Crippen molar-refractivity contribution >= 4 is 27.4 Å². The van der Waals surface area contributed by atoms with Crippen molar-refractivity contribution < 1.29 is 22.7 Å². The van der Waals surface area contributed by atoms with E-state index >= 15 is 0 Å². The first kappa shape index (κ1) is 21.6. The highest BCUT2D eigenvalue weighted by molar-refractivity contribution is 7.91. The molecule has 0 aliphatic rings. The minimum Gasteiger partial charge on any atom is -0.457 e. The van der Waals surface area contributed by atoms with Crippen molar-refractivity contribution in [3.63, 3.8) is 0 Å². The van der Waals surface area contributed by atoms with Crippen LogP contribution in [0, 0.1) is 5.92 Å². The summed E-state index contributed by atoms with van der Waals surface area (Å²) in [5.41, 5.74) is 1.54. The van der Waals surface area contributed by atoms with Gasteiger partial charge in [0.15, 0.2) is 9.84 Å². The molecule has 0 unspecified atom stereocenters. The molecule has 0 atom stereocenters. The minimum absolute atomic E-state index is 0.0233. The third-order valence-electron chi connectivity index (χ3n) is 4.02. The molecule has 0 radical (unpaired) electrons. The molecule has 0 fully saturated rings. The maximum atomic E-state index is 12.3. The van der Waals surface area contributed by atoms with Gasteiger partial charge in [-0.05, 0) is 42.3 Å². The lowest BCUT2D eigenvalue weighted by atomic mass is 10.1. The SMILES string of the molecule is CCCS(=O)(=O)c1ccc(COC(=O)c2cccc(NC(=O)C(C)C)c2)cc1. The standard InChI is InChI=1S/C21H25NO5S/c1-4-12-28(25,26)19-10-8-16(9-11-19)14-27-21(24)17-6-5-7-18(13-17)22-20(23)15(2)3/h5-11,13,15H,4,12,14H2,1-3H3,(H,22,23). The van der Waals surface area contributed by atoms with Crippen molar-refractivity contribution in [2.24, 2.45) is 5.92 Å². The summed E-state index contributed by atoms with van der Waals surface area (Å²) in [4.78, 5) is 24.3. The fraction of sp³-hybridized carbons (Fsp3) is 0.333. The minimum atomic E-state index is -3.26. The van der Waals surface area contributed by atoms with Crippen LogP contribution in [0.4, 0.5) is 5.69 Å². The predicted octanol–water partition coefficient (Wildman–Crippen LogP) is 3.82. The monoisotopic (exact) mass is 403 g/mol. The Hall–Kier alpha value is -2.67. The second-order valence-electron chi connectivity index (χ2n) is 6.76. The van der Waals surface area contributed by atoms with Gasteiger partial charge in [0.1, 0.15) is 6.61 Å². The van der Waals surface area contributed by atoms with Crippen molar-refractivity contribution in [2.75, 3.05) is 11.1 Å². The highest BCUT2D eigenvalue weighted by Gasteiger charge is 2.14. The first-order chi connectivity index (χ1) is 13.2. The van der Waals surface area contributed by atoms with Crippen molar-refractivity contribution in [1.29, 1.82) is 0 Å². The van der Waals surface area contributed by atoms with E-state index in [9.17, 15) is 18.0 Å². The highest BCUT2D eigenvalue weighted by Crippen LogP contribution is 2.16. The Bertz CT molecular complexity index is 934. The topological polar surface area (TPSA) is 89.5 Å². The number of benzene rings is 2. The summed E-state index contributed by atoms with van der Waals surface area (Å²) in [6.45, 7) is 5.41. The van der Waals surface area contributed by atoms with Gasteiger partial charge in [-0.3, -0.25) is 4.79 Å². The van der Waals surface area contributed by atoms with Crippen LogP contribution in [0.1, 0.15) is 43.1 Å². The molecule has 0 bridgehead atoms. The van der Waals surface area contributed by atoms with Crippen LogP contribution in [0.3, 0.4) is 0 Å². The van der Waals surface area contributed by atoms with Gasteiger partial charge in [0.2, 0.25) is 5.91 Å². The van der Waals surface area contributed by atoms with E-state index in [2.05, 4.69) is 5.32 Å². The first-order valence-electron chi connectivity index (χ1n) is 9.12. The summed E-state index contributed by atoms with van der Waals surface area (Å²) < 4.78 is 29.4. The largest absolute Gasteiger partial charge is 0.457 e. The third kappa shape index (κ3) is 5.92. The molecule has 2 rings (SSSR count). The molecule has 1 N–H and O–H groups in total. The summed E-state index contributed by atoms with van der Waals surface area (Å²) in [7, 11) is -3.26. The van der Waals surface area contributed by atoms with E-state index in [0.29, 0.717) is 23.2 Å². The van der Waals surface area contributed by atoms with Crippen molar-refractivity contribution in [3.8, 4) is 0 Å². The van der Waals surface area contributed by atoms with Crippen LogP contribution in [0.2, 0.25) is 0 Å². The van der Waals surface area contributed by atoms with Gasteiger partial charge < -0.3 is 10.1 Å². The summed E-state index contributed by atoms with van der Waals surface area (Å²) in [5.74, 6) is -0.725. The van der Waals surface area contributed by atoms with Gasteiger partial charge in [0.25, 0.3) is 0 Å². The Morgan fingerprint density at radius 1 is 1.07 bits per heavy atom. The van der Waals surface area contributed by atoms with Crippen LogP contribution in [0.15, 0.2) is 53.4 Å². The summed E-state index contributed by atoms with van der Waals surface area (Å²) in [6, 6.07) is 12.8. The Balaban J connectivity index is 2.00. The average Bonchev–Trinajstić information content (AvgIpc) is 2.66. The smallest absolute Gasteiger partial charge is 0.338 e. The van der Waals surface area contributed by atoms with E-state index in [1.807, 2.05) is 6.92 Å². The van der Waals surface area contributed by atoms with Crippen LogP contribution in [0.25, 0.3) is 0 Å². The molecule has 0 aromatic heterocycles. The van der Waals surface area contributed by atoms with Crippen LogP contribution >= 0.6 is 0 Å². The Morgan fingerprint density at radius 3 is 2.36 bits per heavy atom. The lowest BCUT2D eigenvalue weighted by Crippen LogP contribution is -2.18. The van der Waals surface area contributed by atoms with Gasteiger partial charge in [0.05, 0.1) is 16.2 Å². The number of hydrogen-bond donors (Lipinski definition) is 1. The average molecular weight is 404 g/mol. The molecule has 7 heteroatoms. The fourth-order valence-corrected chi connectivity index (χ4v) is 3.75. The van der Waals surface area contributed by atoms with E-state index in [-0.39, 0.29) is 29.1 Å². The van der Waals surface area contributed by atoms with Crippen LogP contribution in [0.5, 0.6) is 0 Å². The molecule has 0 saturated heterocycles. The number of rotatable bonds is 8. The van der Waals surface area contributed by atoms with Crippen LogP contribution < -0.4 is 5.32 Å². The number of ether oxygens (including phenoxy) is 1. The number of carbonyl (C=O) groups excluding carboxylic acids is 2. The fourth-order valence-electron chi connectivity index (χ4n) is 2.42. The molecule has 0 aliphatic heterocycles. The molecule has 0 saturated carbocycles. The van der Waals surface area contributed by atoms with Gasteiger partial charge in [-0.25, -0.2) is 13.2 Å². The molecule has 150 valence electrons. The molecule has 2 aromatic rings. The van der Waals surface area contributed by atoms with Crippen molar-refractivity contribution in [2.45, 2.75) is 38.7 Å². The Morgan fingerprint density at radius 2 is 1.75 bits per heavy atom. The summed E-state index contributed by atoms with van der Waals surface area (Å²) >= 11 is 0. The number of amides is 1. The summed E-state index contributed by atoms with van der Waals surface area (Å²) in [5, 5.41) is 2.74. The number of hydrogen-bond acceptors (Lipinski definition) is 5. The molecule has 0 heterocycles. The Labute approximate surface area is 165 Å². The maximum absolute atomic E-state index is 12.3. The normalized spacial score (nSPS) is 11.3. The quantitative estimate of drug-likeness (QED) is 0.677. The second-order valence-corrected chi connectivity index (χ2v) is 8.87. The molecular formula is C21H25NO5S. The second kappa shape index (κ2) is 9.50. The van der Waals surface area contributed by atoms with Gasteiger partial charge in [-0.1, -0.05) is 39.0 Å². The van der Waals surface area contributed by atoms with Gasteiger partial charge in [-0.15, -0.1) is 0 Å². The summed E-state index contributed by atoms with van der Waals surface area (Å²) in [6.07, 6.45) is 0.554. The molecule has 0 spiro atoms. The lowest BCUT2D eigenvalue weighted by Gasteiger charge is -2.10. The van der Waals surface area contributed by atoms with Crippen LogP contribution in [-0.2, 0) is 26.0 Å². The van der Waals surface area contributed by atoms with Crippen molar-refractivity contribution in [3.05, 3.63) is 59.7 Å². The number of anilines is 1. The van der Waals surface area contributed by atoms with E-state index in [4.69, 9.17) is 4.74 Å². The molecule has 28 heavy (non-hydrogen) atoms.